The summed E-state index contributed by atoms with van der Waals surface area (Å²) >= 11 is 5.66. The molecule has 0 aromatic heterocycles. The average molecular weight is 289 g/mol. The van der Waals surface area contributed by atoms with Gasteiger partial charge in [0.15, 0.2) is 0 Å². The molecule has 0 amide bonds. The van der Waals surface area contributed by atoms with Gasteiger partial charge in [0.2, 0.25) is 0 Å². The third kappa shape index (κ3) is 2.79. The van der Waals surface area contributed by atoms with E-state index in [1.807, 2.05) is 0 Å². The maximum Gasteiger partial charge on any atom is 0.295 e. The highest BCUT2D eigenvalue weighted by Gasteiger charge is 2.35. The van der Waals surface area contributed by atoms with Crippen LogP contribution in [0.5, 0.6) is 0 Å². The van der Waals surface area contributed by atoms with Crippen LogP contribution in [0.4, 0.5) is 15.8 Å². The summed E-state index contributed by atoms with van der Waals surface area (Å²) in [6.45, 7) is -0.126. The third-order valence-electron chi connectivity index (χ3n) is 3.50. The normalized spacial score (nSPS) is 17.4. The van der Waals surface area contributed by atoms with Gasteiger partial charge in [-0.3, -0.25) is 10.1 Å². The number of benzene rings is 1. The van der Waals surface area contributed by atoms with Crippen molar-refractivity contribution in [2.75, 3.05) is 11.9 Å². The molecule has 0 bridgehead atoms. The first kappa shape index (κ1) is 14.0. The molecule has 2 N–H and O–H groups in total. The van der Waals surface area contributed by atoms with Crippen molar-refractivity contribution in [3.63, 3.8) is 0 Å². The smallest absolute Gasteiger partial charge is 0.295 e. The number of anilines is 1. The second-order valence-corrected chi connectivity index (χ2v) is 5.22. The van der Waals surface area contributed by atoms with Gasteiger partial charge in [-0.2, -0.15) is 0 Å². The van der Waals surface area contributed by atoms with Crippen LogP contribution in [0.2, 0.25) is 5.02 Å². The zero-order chi connectivity index (χ0) is 14.0. The number of halogens is 2. The number of aliphatic hydroxyl groups is 1. The molecule has 0 aliphatic heterocycles. The van der Waals surface area contributed by atoms with Crippen molar-refractivity contribution >= 4 is 23.0 Å². The molecule has 1 aromatic carbocycles. The molecule has 1 saturated carbocycles. The molecule has 0 saturated heterocycles. The Morgan fingerprint density at radius 1 is 1.47 bits per heavy atom. The van der Waals surface area contributed by atoms with Crippen LogP contribution in [-0.2, 0) is 0 Å². The molecule has 0 radical (unpaired) electrons. The fourth-order valence-electron chi connectivity index (χ4n) is 2.45. The lowest BCUT2D eigenvalue weighted by atomic mass is 9.98. The summed E-state index contributed by atoms with van der Waals surface area (Å²) in [7, 11) is 0. The molecule has 1 aliphatic carbocycles. The zero-order valence-corrected chi connectivity index (χ0v) is 10.9. The second-order valence-electron chi connectivity index (χ2n) is 4.81. The van der Waals surface area contributed by atoms with Crippen LogP contribution in [-0.4, -0.2) is 22.2 Å². The van der Waals surface area contributed by atoms with E-state index in [2.05, 4.69) is 5.32 Å². The first-order chi connectivity index (χ1) is 8.97. The van der Waals surface area contributed by atoms with Crippen molar-refractivity contribution in [2.45, 2.75) is 31.2 Å². The van der Waals surface area contributed by atoms with Crippen molar-refractivity contribution in [1.29, 1.82) is 0 Å². The molecular formula is C12H14ClFN2O3. The van der Waals surface area contributed by atoms with Crippen LogP contribution < -0.4 is 5.32 Å². The highest BCUT2D eigenvalue weighted by molar-refractivity contribution is 6.31. The largest absolute Gasteiger partial charge is 0.394 e. The summed E-state index contributed by atoms with van der Waals surface area (Å²) in [6.07, 6.45) is 3.32. The van der Waals surface area contributed by atoms with E-state index in [4.69, 9.17) is 11.6 Å². The molecular weight excluding hydrogens is 275 g/mol. The number of hydrogen-bond acceptors (Lipinski definition) is 4. The summed E-state index contributed by atoms with van der Waals surface area (Å²) in [6, 6.07) is 2.00. The Morgan fingerprint density at radius 2 is 2.11 bits per heavy atom. The van der Waals surface area contributed by atoms with Gasteiger partial charge in [0.1, 0.15) is 11.5 Å². The molecule has 0 atom stereocenters. The molecule has 1 fully saturated rings. The SMILES string of the molecule is O=[N+]([O-])c1cc(F)c(Cl)cc1NC1(CO)CCCC1. The van der Waals surface area contributed by atoms with E-state index < -0.39 is 16.3 Å². The molecule has 1 aromatic rings. The number of nitrogens with zero attached hydrogens (tertiary/aromatic N) is 1. The standard InChI is InChI=1S/C12H14ClFN2O3/c13-8-5-10(11(16(18)19)6-9(8)14)15-12(7-17)3-1-2-4-12/h5-6,15,17H,1-4,7H2. The lowest BCUT2D eigenvalue weighted by Crippen LogP contribution is -2.39. The van der Waals surface area contributed by atoms with Gasteiger partial charge in [0.05, 0.1) is 28.2 Å². The summed E-state index contributed by atoms with van der Waals surface area (Å²) in [5, 5.41) is 23.2. The maximum atomic E-state index is 13.3. The van der Waals surface area contributed by atoms with E-state index in [0.717, 1.165) is 31.7 Å². The molecule has 0 heterocycles. The number of nitrogens with one attached hydrogen (secondary N) is 1. The van der Waals surface area contributed by atoms with Gasteiger partial charge in [-0.1, -0.05) is 24.4 Å². The van der Waals surface area contributed by atoms with E-state index in [9.17, 15) is 19.6 Å². The molecule has 19 heavy (non-hydrogen) atoms. The minimum Gasteiger partial charge on any atom is -0.394 e. The number of rotatable bonds is 4. The number of nitro groups is 1. The summed E-state index contributed by atoms with van der Waals surface area (Å²) in [5.41, 5.74) is -0.805. The van der Waals surface area contributed by atoms with Gasteiger partial charge < -0.3 is 10.4 Å². The van der Waals surface area contributed by atoms with Crippen molar-refractivity contribution in [2.24, 2.45) is 0 Å². The first-order valence-electron chi connectivity index (χ1n) is 6.00. The molecule has 5 nitrogen and oxygen atoms in total. The lowest BCUT2D eigenvalue weighted by Gasteiger charge is -2.29. The van der Waals surface area contributed by atoms with Crippen LogP contribution >= 0.6 is 11.6 Å². The molecule has 104 valence electrons. The first-order valence-corrected chi connectivity index (χ1v) is 6.38. The molecule has 2 rings (SSSR count). The topological polar surface area (TPSA) is 75.4 Å². The van der Waals surface area contributed by atoms with Gasteiger partial charge in [-0.15, -0.1) is 0 Å². The fourth-order valence-corrected chi connectivity index (χ4v) is 2.61. The van der Waals surface area contributed by atoms with E-state index in [0.29, 0.717) is 0 Å². The van der Waals surface area contributed by atoms with Crippen LogP contribution in [0.15, 0.2) is 12.1 Å². The van der Waals surface area contributed by atoms with Gasteiger partial charge in [0, 0.05) is 0 Å². The Labute approximate surface area is 114 Å². The van der Waals surface area contributed by atoms with Crippen LogP contribution in [0.25, 0.3) is 0 Å². The average Bonchev–Trinajstić information content (AvgIpc) is 2.82. The molecule has 7 heteroatoms. The highest BCUT2D eigenvalue weighted by atomic mass is 35.5. The Kier molecular flexibility index (Phi) is 3.91. The van der Waals surface area contributed by atoms with E-state index in [1.165, 1.54) is 6.07 Å². The van der Waals surface area contributed by atoms with Crippen LogP contribution in [0, 0.1) is 15.9 Å². The quantitative estimate of drug-likeness (QED) is 0.659. The number of aliphatic hydroxyl groups excluding tert-OH is 1. The van der Waals surface area contributed by atoms with Gasteiger partial charge in [0.25, 0.3) is 5.69 Å². The zero-order valence-electron chi connectivity index (χ0n) is 10.2. The Morgan fingerprint density at radius 3 is 2.63 bits per heavy atom. The van der Waals surface area contributed by atoms with E-state index in [1.54, 1.807) is 0 Å². The lowest BCUT2D eigenvalue weighted by molar-refractivity contribution is -0.384. The summed E-state index contributed by atoms with van der Waals surface area (Å²) < 4.78 is 13.3. The maximum absolute atomic E-state index is 13.3. The Bertz CT molecular complexity index is 504. The molecule has 0 unspecified atom stereocenters. The third-order valence-corrected chi connectivity index (χ3v) is 3.79. The fraction of sp³-hybridized carbons (Fsp3) is 0.500. The van der Waals surface area contributed by atoms with Gasteiger partial charge in [-0.05, 0) is 18.9 Å². The van der Waals surface area contributed by atoms with E-state index >= 15 is 0 Å². The van der Waals surface area contributed by atoms with Crippen LogP contribution in [0.1, 0.15) is 25.7 Å². The monoisotopic (exact) mass is 288 g/mol. The molecule has 0 spiro atoms. The van der Waals surface area contributed by atoms with Crippen molar-refractivity contribution in [1.82, 2.24) is 0 Å². The van der Waals surface area contributed by atoms with Crippen molar-refractivity contribution in [3.05, 3.63) is 33.1 Å². The predicted molar refractivity (Wildman–Crippen MR) is 70.0 cm³/mol. The van der Waals surface area contributed by atoms with E-state index in [-0.39, 0.29) is 23.0 Å². The number of nitro benzene ring substituents is 1. The van der Waals surface area contributed by atoms with Crippen LogP contribution in [0.3, 0.4) is 0 Å². The minimum atomic E-state index is -0.830. The molecule has 1 aliphatic rings. The Balaban J connectivity index is 2.38. The highest BCUT2D eigenvalue weighted by Crippen LogP contribution is 2.37. The van der Waals surface area contributed by atoms with Gasteiger partial charge in [-0.25, -0.2) is 4.39 Å². The summed E-state index contributed by atoms with van der Waals surface area (Å²) in [4.78, 5) is 10.3. The second kappa shape index (κ2) is 5.30. The minimum absolute atomic E-state index is 0.126. The van der Waals surface area contributed by atoms with Gasteiger partial charge >= 0.3 is 0 Å². The van der Waals surface area contributed by atoms with Crippen molar-refractivity contribution < 1.29 is 14.4 Å². The predicted octanol–water partition coefficient (Wildman–Crippen LogP) is 3.10. The number of hydrogen-bond donors (Lipinski definition) is 2. The Hall–Kier alpha value is -1.40. The van der Waals surface area contributed by atoms with Crippen molar-refractivity contribution in [3.8, 4) is 0 Å². The summed E-state index contributed by atoms with van der Waals surface area (Å²) in [5.74, 6) is -0.830.